The second-order valence-electron chi connectivity index (χ2n) is 0.287. The van der Waals surface area contributed by atoms with Crippen molar-refractivity contribution in [3.63, 3.8) is 0 Å². The van der Waals surface area contributed by atoms with Crippen LogP contribution in [0.25, 0.3) is 0 Å². The van der Waals surface area contributed by atoms with Gasteiger partial charge >= 0.3 is 28.8 Å². The molecule has 0 aromatic carbocycles. The Bertz CT molecular complexity index is 80.4. The molecule has 0 saturated heterocycles. The van der Waals surface area contributed by atoms with Gasteiger partial charge in [0, 0.05) is 0 Å². The maximum atomic E-state index is 8.44. The zero-order valence-corrected chi connectivity index (χ0v) is 8.44. The van der Waals surface area contributed by atoms with Crippen molar-refractivity contribution in [1.82, 2.24) is 0 Å². The van der Waals surface area contributed by atoms with Crippen LogP contribution in [0.1, 0.15) is 0 Å². The van der Waals surface area contributed by atoms with Crippen molar-refractivity contribution in [2.75, 3.05) is 0 Å². The van der Waals surface area contributed by atoms with Crippen LogP contribution in [0.15, 0.2) is 0 Å². The summed E-state index contributed by atoms with van der Waals surface area (Å²) < 4.78 is 42.1. The Morgan fingerprint density at radius 3 is 1.25 bits per heavy atom. The molecule has 0 fully saturated rings. The normalized spacial score (nSPS) is 5.38. The van der Waals surface area contributed by atoms with Crippen LogP contribution in [-0.2, 0) is 39.8 Å². The average Bonchev–Trinajstić information content (AvgIpc) is 1.33. The Balaban J connectivity index is -0.0000000575. The molecular weight excluding hydrogens is 206 g/mol. The van der Waals surface area contributed by atoms with Crippen LogP contribution in [-0.4, -0.2) is 22.6 Å². The van der Waals surface area contributed by atoms with Crippen LogP contribution in [0, 0.1) is 0 Å². The molecule has 0 rings (SSSR count). The minimum Gasteiger partial charge on any atom is -0.784 e. The van der Waals surface area contributed by atoms with Gasteiger partial charge in [-0.3, -0.25) is 13.1 Å². The summed E-state index contributed by atoms with van der Waals surface area (Å²) in [6, 6.07) is 0. The molecule has 0 saturated carbocycles. The van der Waals surface area contributed by atoms with E-state index >= 15 is 0 Å². The van der Waals surface area contributed by atoms with Gasteiger partial charge in [-0.05, 0) is 0 Å². The van der Waals surface area contributed by atoms with E-state index in [0.29, 0.717) is 0 Å². The molecule has 0 bridgehead atoms. The molecule has 8 heteroatoms. The van der Waals surface area contributed by atoms with Gasteiger partial charge in [0.15, 0.2) is 0 Å². The van der Waals surface area contributed by atoms with Crippen molar-refractivity contribution in [2.45, 2.75) is 0 Å². The number of hydrogen-bond acceptors (Lipinski definition) is 5. The molecule has 5 nitrogen and oxygen atoms in total. The van der Waals surface area contributed by atoms with Gasteiger partial charge in [-0.25, -0.2) is 0 Å². The molecule has 8 heavy (non-hydrogen) atoms. The largest absolute Gasteiger partial charge is 2.00 e. The van der Waals surface area contributed by atoms with Crippen LogP contribution in [0.2, 0.25) is 0 Å². The van der Waals surface area contributed by atoms with Crippen molar-refractivity contribution >= 4 is 20.7 Å². The van der Waals surface area contributed by atoms with Crippen LogP contribution in [0.4, 0.5) is 0 Å². The summed E-state index contributed by atoms with van der Waals surface area (Å²) in [5, 5.41) is 0. The maximum Gasteiger partial charge on any atom is 2.00 e. The summed E-state index contributed by atoms with van der Waals surface area (Å²) in [4.78, 5) is 0. The van der Waals surface area contributed by atoms with Crippen molar-refractivity contribution < 1.29 is 41.7 Å². The van der Waals surface area contributed by atoms with E-state index in [9.17, 15) is 0 Å². The van der Waals surface area contributed by atoms with E-state index in [2.05, 4.69) is 0 Å². The number of rotatable bonds is 0. The van der Waals surface area contributed by atoms with Crippen LogP contribution < -0.4 is 0 Å². The van der Waals surface area contributed by atoms with Gasteiger partial charge in [-0.15, -0.1) is 11.4 Å². The molecule has 0 aliphatic heterocycles. The SMILES string of the molecule is O=S([O-])[O-].O=[Si]=O.[Zn+2]. The maximum absolute atomic E-state index is 8.44. The molecular formula is O5SSiZn. The first-order valence-electron chi connectivity index (χ1n) is 0.908. The quantitative estimate of drug-likeness (QED) is 0.350. The zero-order valence-electron chi connectivity index (χ0n) is 3.66. The molecule has 0 heterocycles. The van der Waals surface area contributed by atoms with E-state index in [4.69, 9.17) is 22.2 Å². The van der Waals surface area contributed by atoms with Gasteiger partial charge in [0.25, 0.3) is 0 Å². The third-order valence-corrected chi connectivity index (χ3v) is 0. The van der Waals surface area contributed by atoms with Crippen LogP contribution in [0.3, 0.4) is 0 Å². The van der Waals surface area contributed by atoms with Gasteiger partial charge < -0.3 is 9.11 Å². The fourth-order valence-electron chi connectivity index (χ4n) is 0. The minimum atomic E-state index is -3.11. The topological polar surface area (TPSA) is 97.3 Å². The molecule has 0 N–H and O–H groups in total. The second-order valence-corrected chi connectivity index (χ2v) is 0.862. The Morgan fingerprint density at radius 2 is 1.25 bits per heavy atom. The predicted octanol–water partition coefficient (Wildman–Crippen LogP) is -1.62. The third-order valence-electron chi connectivity index (χ3n) is 0. The van der Waals surface area contributed by atoms with Crippen molar-refractivity contribution in [3.05, 3.63) is 0 Å². The Labute approximate surface area is 62.7 Å². The summed E-state index contributed by atoms with van der Waals surface area (Å²) in [6.45, 7) is 0. The van der Waals surface area contributed by atoms with Crippen molar-refractivity contribution in [1.29, 1.82) is 0 Å². The first-order valence-corrected chi connectivity index (χ1v) is 2.72. The molecule has 42 valence electrons. The molecule has 0 atom stereocenters. The van der Waals surface area contributed by atoms with E-state index in [1.54, 1.807) is 0 Å². The number of hydrogen-bond donors (Lipinski definition) is 0. The summed E-state index contributed by atoms with van der Waals surface area (Å²) in [5.74, 6) is 0. The molecule has 0 radical (unpaired) electrons. The van der Waals surface area contributed by atoms with Crippen molar-refractivity contribution in [2.24, 2.45) is 0 Å². The third kappa shape index (κ3) is 759. The summed E-state index contributed by atoms with van der Waals surface area (Å²) in [5.41, 5.74) is 0. The van der Waals surface area contributed by atoms with Gasteiger partial charge in [-0.2, -0.15) is 0 Å². The van der Waals surface area contributed by atoms with E-state index in [0.717, 1.165) is 0 Å². The van der Waals surface area contributed by atoms with Gasteiger partial charge in [0.1, 0.15) is 0 Å². The first-order chi connectivity index (χ1) is 3.15. The zero-order chi connectivity index (χ0) is 6.28. The summed E-state index contributed by atoms with van der Waals surface area (Å²) >= 11 is -3.11. The fraction of sp³-hybridized carbons (Fsp3) is 0. The summed E-state index contributed by atoms with van der Waals surface area (Å²) in [6.07, 6.45) is 0. The molecule has 0 spiro atoms. The van der Waals surface area contributed by atoms with Crippen molar-refractivity contribution in [3.8, 4) is 0 Å². The molecule has 0 aromatic rings. The molecule has 0 unspecified atom stereocenters. The standard InChI is InChI=1S/H2O3S.O2Si.Zn/c1-4(2)3;1-3-2;/h(H2,1,2,3);;/q;;+2/p-2. The second kappa shape index (κ2) is 15.6. The van der Waals surface area contributed by atoms with Gasteiger partial charge in [0.05, 0.1) is 0 Å². The average molecular weight is 206 g/mol. The Morgan fingerprint density at radius 1 is 1.25 bits per heavy atom. The molecule has 0 aliphatic rings. The van der Waals surface area contributed by atoms with E-state index in [1.165, 1.54) is 0 Å². The Kier molecular flexibility index (Phi) is 30.9. The van der Waals surface area contributed by atoms with E-state index in [-0.39, 0.29) is 19.5 Å². The van der Waals surface area contributed by atoms with Crippen LogP contribution >= 0.6 is 0 Å². The predicted molar refractivity (Wildman–Crippen MR) is 16.8 cm³/mol. The van der Waals surface area contributed by atoms with Gasteiger partial charge in [0.2, 0.25) is 0 Å². The molecule has 0 aliphatic carbocycles. The smallest absolute Gasteiger partial charge is 0.784 e. The first kappa shape index (κ1) is 15.8. The van der Waals surface area contributed by atoms with Gasteiger partial charge in [-0.1, -0.05) is 0 Å². The minimum absolute atomic E-state index is 0. The monoisotopic (exact) mass is 204 g/mol. The molecule has 0 amide bonds. The fourth-order valence-corrected chi connectivity index (χ4v) is 0. The van der Waals surface area contributed by atoms with E-state index < -0.39 is 20.7 Å². The van der Waals surface area contributed by atoms with E-state index in [1.807, 2.05) is 0 Å². The summed E-state index contributed by atoms with van der Waals surface area (Å²) in [7, 11) is -1.42. The molecule has 0 aromatic heterocycles. The Hall–Kier alpha value is 0.510. The van der Waals surface area contributed by atoms with Crippen LogP contribution in [0.5, 0.6) is 0 Å².